The summed E-state index contributed by atoms with van der Waals surface area (Å²) in [5.74, 6) is 0.541. The van der Waals surface area contributed by atoms with Gasteiger partial charge in [-0.25, -0.2) is 9.18 Å². The lowest BCUT2D eigenvalue weighted by Crippen LogP contribution is -2.39. The number of hydrogen-bond acceptors (Lipinski definition) is 2. The fourth-order valence-electron chi connectivity index (χ4n) is 2.90. The van der Waals surface area contributed by atoms with Crippen molar-refractivity contribution in [3.63, 3.8) is 0 Å². The molecular weight excluding hydrogens is 387 g/mol. The minimum absolute atomic E-state index is 0.203. The normalized spacial score (nSPS) is 14.7. The lowest BCUT2D eigenvalue weighted by atomic mass is 9.95. The average Bonchev–Trinajstić information content (AvgIpc) is 3.39. The first-order chi connectivity index (χ1) is 12.0. The van der Waals surface area contributed by atoms with Crippen LogP contribution < -0.4 is 15.4 Å². The number of urea groups is 1. The second-order valence-electron chi connectivity index (χ2n) is 6.27. The highest BCUT2D eigenvalue weighted by Crippen LogP contribution is 2.48. The summed E-state index contributed by atoms with van der Waals surface area (Å²) in [7, 11) is 1.61. The van der Waals surface area contributed by atoms with Gasteiger partial charge in [-0.05, 0) is 58.1 Å². The van der Waals surface area contributed by atoms with E-state index in [1.165, 1.54) is 6.07 Å². The third kappa shape index (κ3) is 4.12. The Morgan fingerprint density at radius 1 is 1.24 bits per heavy atom. The zero-order valence-electron chi connectivity index (χ0n) is 13.9. The van der Waals surface area contributed by atoms with Gasteiger partial charge in [0.1, 0.15) is 11.6 Å². The Hall–Kier alpha value is -2.08. The van der Waals surface area contributed by atoms with Crippen LogP contribution in [-0.4, -0.2) is 19.7 Å². The van der Waals surface area contributed by atoms with E-state index in [0.717, 1.165) is 28.6 Å². The third-order valence-electron chi connectivity index (χ3n) is 4.56. The van der Waals surface area contributed by atoms with Crippen molar-refractivity contribution in [2.45, 2.75) is 24.8 Å². The molecule has 6 heteroatoms. The molecule has 0 aromatic heterocycles. The number of methoxy groups -OCH3 is 1. The summed E-state index contributed by atoms with van der Waals surface area (Å²) < 4.78 is 20.0. The van der Waals surface area contributed by atoms with E-state index in [9.17, 15) is 9.18 Å². The minimum atomic E-state index is -0.258. The van der Waals surface area contributed by atoms with Gasteiger partial charge in [0.15, 0.2) is 0 Å². The molecule has 1 fully saturated rings. The standard InChI is InChI=1S/C19H20BrFN2O2/c1-25-17-7-6-13(10-15(17)20)11-22-18(24)23-12-19(8-9-19)14-4-2-3-5-16(14)21/h2-7,10H,8-9,11-12H2,1H3,(H2,22,23,24). The summed E-state index contributed by atoms with van der Waals surface area (Å²) >= 11 is 3.42. The van der Waals surface area contributed by atoms with Gasteiger partial charge in [0.2, 0.25) is 0 Å². The van der Waals surface area contributed by atoms with Crippen molar-refractivity contribution in [3.05, 3.63) is 63.9 Å². The number of nitrogens with one attached hydrogen (secondary N) is 2. The molecule has 0 aliphatic heterocycles. The Morgan fingerprint density at radius 2 is 2.00 bits per heavy atom. The summed E-state index contributed by atoms with van der Waals surface area (Å²) in [5.41, 5.74) is 1.39. The van der Waals surface area contributed by atoms with Gasteiger partial charge in [0, 0.05) is 18.5 Å². The molecule has 1 saturated carbocycles. The number of rotatable bonds is 6. The first-order valence-corrected chi connectivity index (χ1v) is 8.92. The van der Waals surface area contributed by atoms with E-state index in [1.54, 1.807) is 19.2 Å². The van der Waals surface area contributed by atoms with Crippen LogP contribution in [0.4, 0.5) is 9.18 Å². The molecule has 2 aromatic carbocycles. The molecular formula is C19H20BrFN2O2. The molecule has 0 saturated heterocycles. The van der Waals surface area contributed by atoms with Crippen molar-refractivity contribution in [3.8, 4) is 5.75 Å². The highest BCUT2D eigenvalue weighted by Gasteiger charge is 2.45. The van der Waals surface area contributed by atoms with Crippen molar-refractivity contribution in [2.75, 3.05) is 13.7 Å². The number of hydrogen-bond donors (Lipinski definition) is 2. The van der Waals surface area contributed by atoms with Crippen LogP contribution in [0.1, 0.15) is 24.0 Å². The van der Waals surface area contributed by atoms with Gasteiger partial charge >= 0.3 is 6.03 Å². The van der Waals surface area contributed by atoms with Gasteiger partial charge < -0.3 is 15.4 Å². The molecule has 1 aliphatic carbocycles. The summed E-state index contributed by atoms with van der Waals surface area (Å²) in [6.45, 7) is 0.840. The molecule has 2 amide bonds. The van der Waals surface area contributed by atoms with Gasteiger partial charge in [-0.15, -0.1) is 0 Å². The number of amides is 2. The summed E-state index contributed by atoms with van der Waals surface area (Å²) in [5, 5.41) is 5.69. The minimum Gasteiger partial charge on any atom is -0.496 e. The fourth-order valence-corrected chi connectivity index (χ4v) is 3.49. The first kappa shape index (κ1) is 17.7. The number of benzene rings is 2. The first-order valence-electron chi connectivity index (χ1n) is 8.13. The summed E-state index contributed by atoms with van der Waals surface area (Å²) in [6.07, 6.45) is 1.78. The van der Waals surface area contributed by atoms with Gasteiger partial charge in [-0.2, -0.15) is 0 Å². The fraction of sp³-hybridized carbons (Fsp3) is 0.316. The van der Waals surface area contributed by atoms with Crippen LogP contribution in [0.15, 0.2) is 46.9 Å². The van der Waals surface area contributed by atoms with Gasteiger partial charge in [-0.1, -0.05) is 24.3 Å². The molecule has 0 heterocycles. The molecule has 0 spiro atoms. The summed E-state index contributed by atoms with van der Waals surface area (Å²) in [4.78, 5) is 12.1. The molecule has 0 atom stereocenters. The topological polar surface area (TPSA) is 50.4 Å². The van der Waals surface area contributed by atoms with E-state index < -0.39 is 0 Å². The third-order valence-corrected chi connectivity index (χ3v) is 5.18. The Balaban J connectivity index is 1.52. The maximum atomic E-state index is 14.0. The van der Waals surface area contributed by atoms with Crippen molar-refractivity contribution >= 4 is 22.0 Å². The molecule has 0 unspecified atom stereocenters. The van der Waals surface area contributed by atoms with Crippen molar-refractivity contribution in [1.82, 2.24) is 10.6 Å². The predicted molar refractivity (Wildman–Crippen MR) is 98.2 cm³/mol. The molecule has 2 N–H and O–H groups in total. The van der Waals surface area contributed by atoms with E-state index in [1.807, 2.05) is 24.3 Å². The van der Waals surface area contributed by atoms with E-state index in [-0.39, 0.29) is 17.3 Å². The molecule has 0 bridgehead atoms. The van der Waals surface area contributed by atoms with Crippen molar-refractivity contribution in [2.24, 2.45) is 0 Å². The van der Waals surface area contributed by atoms with E-state index in [4.69, 9.17) is 4.74 Å². The van der Waals surface area contributed by atoms with Crippen LogP contribution in [-0.2, 0) is 12.0 Å². The number of ether oxygens (including phenoxy) is 1. The molecule has 2 aromatic rings. The smallest absolute Gasteiger partial charge is 0.315 e. The SMILES string of the molecule is COc1ccc(CNC(=O)NCC2(c3ccccc3F)CC2)cc1Br. The highest BCUT2D eigenvalue weighted by atomic mass is 79.9. The van der Waals surface area contributed by atoms with E-state index in [2.05, 4.69) is 26.6 Å². The van der Waals surface area contributed by atoms with Gasteiger partial charge in [0.25, 0.3) is 0 Å². The monoisotopic (exact) mass is 406 g/mol. The number of carbonyl (C=O) groups is 1. The maximum absolute atomic E-state index is 14.0. The van der Waals surface area contributed by atoms with Gasteiger partial charge in [0.05, 0.1) is 11.6 Å². The van der Waals surface area contributed by atoms with Crippen LogP contribution in [0, 0.1) is 5.82 Å². The van der Waals surface area contributed by atoms with Crippen LogP contribution in [0.2, 0.25) is 0 Å². The molecule has 0 radical (unpaired) electrons. The Bertz CT molecular complexity index is 778. The predicted octanol–water partition coefficient (Wildman–Crippen LogP) is 4.13. The van der Waals surface area contributed by atoms with E-state index >= 15 is 0 Å². The Morgan fingerprint density at radius 3 is 2.64 bits per heavy atom. The molecule has 4 nitrogen and oxygen atoms in total. The second-order valence-corrected chi connectivity index (χ2v) is 7.12. The van der Waals surface area contributed by atoms with Crippen molar-refractivity contribution in [1.29, 1.82) is 0 Å². The number of halogens is 2. The largest absolute Gasteiger partial charge is 0.496 e. The molecule has 132 valence electrons. The molecule has 3 rings (SSSR count). The summed E-state index contributed by atoms with van der Waals surface area (Å²) in [6, 6.07) is 12.2. The quantitative estimate of drug-likeness (QED) is 0.757. The molecule has 1 aliphatic rings. The molecule has 25 heavy (non-hydrogen) atoms. The zero-order valence-corrected chi connectivity index (χ0v) is 15.5. The zero-order chi connectivity index (χ0) is 17.9. The highest BCUT2D eigenvalue weighted by molar-refractivity contribution is 9.10. The average molecular weight is 407 g/mol. The number of carbonyl (C=O) groups excluding carboxylic acids is 1. The van der Waals surface area contributed by atoms with Crippen LogP contribution in [0.5, 0.6) is 5.75 Å². The lowest BCUT2D eigenvalue weighted by Gasteiger charge is -2.17. The maximum Gasteiger partial charge on any atom is 0.315 e. The van der Waals surface area contributed by atoms with E-state index in [0.29, 0.717) is 18.7 Å². The van der Waals surface area contributed by atoms with Crippen LogP contribution in [0.25, 0.3) is 0 Å². The Labute approximate surface area is 154 Å². The second kappa shape index (κ2) is 7.44. The van der Waals surface area contributed by atoms with Crippen LogP contribution in [0.3, 0.4) is 0 Å². The van der Waals surface area contributed by atoms with Gasteiger partial charge in [-0.3, -0.25) is 0 Å². The van der Waals surface area contributed by atoms with Crippen molar-refractivity contribution < 1.29 is 13.9 Å². The van der Waals surface area contributed by atoms with Crippen LogP contribution >= 0.6 is 15.9 Å². The lowest BCUT2D eigenvalue weighted by molar-refractivity contribution is 0.239. The Kier molecular flexibility index (Phi) is 5.27.